The van der Waals surface area contributed by atoms with Crippen LogP contribution in [0.15, 0.2) is 35.7 Å². The summed E-state index contributed by atoms with van der Waals surface area (Å²) in [5, 5.41) is 11.9. The van der Waals surface area contributed by atoms with Crippen LogP contribution in [0.1, 0.15) is 0 Å². The number of para-hydroxylation sites is 2. The lowest BCUT2D eigenvalue weighted by Gasteiger charge is -2.06. The molecule has 0 bridgehead atoms. The van der Waals surface area contributed by atoms with Gasteiger partial charge in [-0.1, -0.05) is 12.1 Å². The standard InChI is InChI=1S/C13H13N3OS/c14-12-9(5-8-18-12)13-15-10-3-1-2-4-11(10)16(13)6-7-17/h1-5,8,17H,6-7,14H2. The predicted molar refractivity (Wildman–Crippen MR) is 74.5 cm³/mol. The molecule has 0 spiro atoms. The Labute approximate surface area is 108 Å². The molecule has 0 saturated carbocycles. The summed E-state index contributed by atoms with van der Waals surface area (Å²) in [6.07, 6.45) is 0. The molecule has 0 saturated heterocycles. The first-order chi connectivity index (χ1) is 8.81. The number of rotatable bonds is 3. The minimum atomic E-state index is 0.0808. The zero-order chi connectivity index (χ0) is 12.5. The summed E-state index contributed by atoms with van der Waals surface area (Å²) in [7, 11) is 0. The van der Waals surface area contributed by atoms with Gasteiger partial charge in [-0.05, 0) is 23.6 Å². The van der Waals surface area contributed by atoms with Gasteiger partial charge in [-0.25, -0.2) is 4.98 Å². The van der Waals surface area contributed by atoms with Gasteiger partial charge in [0.25, 0.3) is 0 Å². The predicted octanol–water partition coefficient (Wildman–Crippen LogP) is 2.34. The van der Waals surface area contributed by atoms with Gasteiger partial charge in [0.1, 0.15) is 5.82 Å². The van der Waals surface area contributed by atoms with E-state index >= 15 is 0 Å². The Hall–Kier alpha value is -1.85. The highest BCUT2D eigenvalue weighted by atomic mass is 32.1. The van der Waals surface area contributed by atoms with Gasteiger partial charge in [-0.2, -0.15) is 0 Å². The van der Waals surface area contributed by atoms with Crippen LogP contribution in [0.4, 0.5) is 5.00 Å². The smallest absolute Gasteiger partial charge is 0.144 e. The number of hydrogen-bond acceptors (Lipinski definition) is 4. The zero-order valence-electron chi connectivity index (χ0n) is 9.71. The number of hydrogen-bond donors (Lipinski definition) is 2. The van der Waals surface area contributed by atoms with E-state index in [0.29, 0.717) is 6.54 Å². The van der Waals surface area contributed by atoms with E-state index in [1.807, 2.05) is 40.3 Å². The van der Waals surface area contributed by atoms with E-state index in [1.54, 1.807) is 0 Å². The van der Waals surface area contributed by atoms with Crippen LogP contribution in [0.2, 0.25) is 0 Å². The van der Waals surface area contributed by atoms with E-state index < -0.39 is 0 Å². The van der Waals surface area contributed by atoms with E-state index in [1.165, 1.54) is 11.3 Å². The second-order valence-corrected chi connectivity index (χ2v) is 4.95. The van der Waals surface area contributed by atoms with Crippen LogP contribution in [0.3, 0.4) is 0 Å². The fourth-order valence-electron chi connectivity index (χ4n) is 2.11. The molecule has 0 aliphatic heterocycles. The SMILES string of the molecule is Nc1sccc1-c1nc2ccccc2n1CCO. The first-order valence-electron chi connectivity index (χ1n) is 5.70. The van der Waals surface area contributed by atoms with Gasteiger partial charge < -0.3 is 15.4 Å². The van der Waals surface area contributed by atoms with Crippen LogP contribution in [0.25, 0.3) is 22.4 Å². The fraction of sp³-hybridized carbons (Fsp3) is 0.154. The third kappa shape index (κ3) is 1.68. The van der Waals surface area contributed by atoms with Crippen LogP contribution in [-0.2, 0) is 6.54 Å². The third-order valence-corrected chi connectivity index (χ3v) is 3.66. The number of anilines is 1. The van der Waals surface area contributed by atoms with Crippen molar-refractivity contribution in [2.24, 2.45) is 0 Å². The number of benzene rings is 1. The molecule has 3 N–H and O–H groups in total. The van der Waals surface area contributed by atoms with Gasteiger partial charge in [-0.3, -0.25) is 0 Å². The summed E-state index contributed by atoms with van der Waals surface area (Å²) in [6, 6.07) is 9.87. The fourth-order valence-corrected chi connectivity index (χ4v) is 2.75. The van der Waals surface area contributed by atoms with Crippen LogP contribution >= 0.6 is 11.3 Å². The Morgan fingerprint density at radius 1 is 1.28 bits per heavy atom. The molecule has 3 aromatic rings. The van der Waals surface area contributed by atoms with Crippen LogP contribution in [-0.4, -0.2) is 21.3 Å². The number of nitrogen functional groups attached to an aromatic ring is 1. The molecular weight excluding hydrogens is 246 g/mol. The van der Waals surface area contributed by atoms with Crippen molar-refractivity contribution in [1.29, 1.82) is 0 Å². The molecule has 0 radical (unpaired) electrons. The Bertz CT molecular complexity index is 686. The van der Waals surface area contributed by atoms with Gasteiger partial charge in [0.15, 0.2) is 0 Å². The highest BCUT2D eigenvalue weighted by Crippen LogP contribution is 2.32. The maximum atomic E-state index is 9.21. The van der Waals surface area contributed by atoms with Crippen molar-refractivity contribution in [3.8, 4) is 11.4 Å². The topological polar surface area (TPSA) is 64.1 Å². The van der Waals surface area contributed by atoms with Gasteiger partial charge in [0.2, 0.25) is 0 Å². The summed E-state index contributed by atoms with van der Waals surface area (Å²) >= 11 is 1.50. The van der Waals surface area contributed by atoms with Crippen molar-refractivity contribution in [2.45, 2.75) is 6.54 Å². The van der Waals surface area contributed by atoms with Crippen molar-refractivity contribution in [2.75, 3.05) is 12.3 Å². The van der Waals surface area contributed by atoms with Gasteiger partial charge in [0, 0.05) is 6.54 Å². The molecule has 3 rings (SSSR count). The summed E-state index contributed by atoms with van der Waals surface area (Å²) < 4.78 is 2.01. The lowest BCUT2D eigenvalue weighted by Crippen LogP contribution is -2.04. The Balaban J connectivity index is 2.28. The molecule has 0 aliphatic carbocycles. The molecule has 2 heterocycles. The normalized spacial score (nSPS) is 11.2. The molecule has 0 amide bonds. The van der Waals surface area contributed by atoms with E-state index in [2.05, 4.69) is 4.98 Å². The van der Waals surface area contributed by atoms with Crippen LogP contribution in [0.5, 0.6) is 0 Å². The molecule has 2 aromatic heterocycles. The lowest BCUT2D eigenvalue weighted by atomic mass is 10.3. The highest BCUT2D eigenvalue weighted by molar-refractivity contribution is 7.14. The first kappa shape index (κ1) is 11.3. The Kier molecular flexibility index (Phi) is 2.77. The van der Waals surface area contributed by atoms with Gasteiger partial charge in [0.05, 0.1) is 28.2 Å². The molecule has 0 atom stereocenters. The van der Waals surface area contributed by atoms with E-state index in [9.17, 15) is 5.11 Å². The summed E-state index contributed by atoms with van der Waals surface area (Å²) in [5.41, 5.74) is 8.84. The van der Waals surface area contributed by atoms with Crippen molar-refractivity contribution in [1.82, 2.24) is 9.55 Å². The molecule has 92 valence electrons. The molecule has 0 aliphatic rings. The van der Waals surface area contributed by atoms with Crippen LogP contribution in [0, 0.1) is 0 Å². The highest BCUT2D eigenvalue weighted by Gasteiger charge is 2.14. The number of imidazole rings is 1. The summed E-state index contributed by atoms with van der Waals surface area (Å²) in [4.78, 5) is 4.61. The van der Waals surface area contributed by atoms with Crippen LogP contribution < -0.4 is 5.73 Å². The molecule has 5 heteroatoms. The maximum Gasteiger partial charge on any atom is 0.144 e. The molecule has 0 fully saturated rings. The minimum Gasteiger partial charge on any atom is -0.395 e. The van der Waals surface area contributed by atoms with Crippen molar-refractivity contribution in [3.63, 3.8) is 0 Å². The molecule has 0 unspecified atom stereocenters. The second kappa shape index (κ2) is 4.44. The van der Waals surface area contributed by atoms with Gasteiger partial charge >= 0.3 is 0 Å². The lowest BCUT2D eigenvalue weighted by molar-refractivity contribution is 0.278. The van der Waals surface area contributed by atoms with E-state index in [-0.39, 0.29) is 6.61 Å². The summed E-state index contributed by atoms with van der Waals surface area (Å²) in [6.45, 7) is 0.600. The molecule has 18 heavy (non-hydrogen) atoms. The monoisotopic (exact) mass is 259 g/mol. The van der Waals surface area contributed by atoms with Crippen molar-refractivity contribution < 1.29 is 5.11 Å². The number of aliphatic hydroxyl groups excluding tert-OH is 1. The molecule has 4 nitrogen and oxygen atoms in total. The number of fused-ring (bicyclic) bond motifs is 1. The van der Waals surface area contributed by atoms with Gasteiger partial charge in [-0.15, -0.1) is 11.3 Å². The summed E-state index contributed by atoms with van der Waals surface area (Å²) in [5.74, 6) is 0.823. The van der Waals surface area contributed by atoms with Crippen molar-refractivity contribution >= 4 is 27.4 Å². The molecular formula is C13H13N3OS. The van der Waals surface area contributed by atoms with E-state index in [0.717, 1.165) is 27.4 Å². The van der Waals surface area contributed by atoms with Crippen molar-refractivity contribution in [3.05, 3.63) is 35.7 Å². The number of aromatic nitrogens is 2. The first-order valence-corrected chi connectivity index (χ1v) is 6.58. The Morgan fingerprint density at radius 3 is 2.83 bits per heavy atom. The number of aliphatic hydroxyl groups is 1. The molecule has 1 aromatic carbocycles. The maximum absolute atomic E-state index is 9.21. The second-order valence-electron chi connectivity index (χ2n) is 4.00. The largest absolute Gasteiger partial charge is 0.395 e. The number of nitrogens with two attached hydrogens (primary N) is 1. The minimum absolute atomic E-state index is 0.0808. The quantitative estimate of drug-likeness (QED) is 0.758. The third-order valence-electron chi connectivity index (χ3n) is 2.91. The average Bonchev–Trinajstić information content (AvgIpc) is 2.94. The Morgan fingerprint density at radius 2 is 2.11 bits per heavy atom. The average molecular weight is 259 g/mol. The number of thiophene rings is 1. The zero-order valence-corrected chi connectivity index (χ0v) is 10.5. The van der Waals surface area contributed by atoms with E-state index in [4.69, 9.17) is 5.73 Å². The number of nitrogens with zero attached hydrogens (tertiary/aromatic N) is 2.